The van der Waals surface area contributed by atoms with Crippen LogP contribution in [0.4, 0.5) is 5.69 Å². The Bertz CT molecular complexity index is 697. The highest BCUT2D eigenvalue weighted by molar-refractivity contribution is 5.98. The van der Waals surface area contributed by atoms with E-state index in [0.29, 0.717) is 13.1 Å². The maximum absolute atomic E-state index is 12.8. The summed E-state index contributed by atoms with van der Waals surface area (Å²) in [5.41, 5.74) is 2.51. The average molecular weight is 325 g/mol. The molecule has 2 aliphatic heterocycles. The lowest BCUT2D eigenvalue weighted by atomic mass is 10.1. The third kappa shape index (κ3) is 3.15. The highest BCUT2D eigenvalue weighted by atomic mass is 16.5. The van der Waals surface area contributed by atoms with Crippen LogP contribution in [-0.4, -0.2) is 42.1 Å². The largest absolute Gasteiger partial charge is 0.372 e. The standard InChI is InChI=1S/C19H23N3O2/c1-13-8-16-6-4-5-7-18(16)22(13)12-17(9-20)19(23)21-10-14(2)24-15(3)11-21/h4-7,12-15H,8,10-11H2,1-3H3/b17-12-. The van der Waals surface area contributed by atoms with Crippen LogP contribution in [0.2, 0.25) is 0 Å². The molecular weight excluding hydrogens is 302 g/mol. The number of amides is 1. The van der Waals surface area contributed by atoms with Gasteiger partial charge in [-0.15, -0.1) is 0 Å². The molecule has 0 aliphatic carbocycles. The predicted molar refractivity (Wildman–Crippen MR) is 92.4 cm³/mol. The first-order valence-electron chi connectivity index (χ1n) is 8.42. The van der Waals surface area contributed by atoms with Crippen molar-refractivity contribution in [3.05, 3.63) is 41.6 Å². The van der Waals surface area contributed by atoms with E-state index in [9.17, 15) is 10.1 Å². The number of para-hydroxylation sites is 1. The van der Waals surface area contributed by atoms with Crippen LogP contribution in [0.15, 0.2) is 36.0 Å². The van der Waals surface area contributed by atoms with Gasteiger partial charge in [-0.1, -0.05) is 18.2 Å². The quantitative estimate of drug-likeness (QED) is 0.619. The molecular formula is C19H23N3O2. The van der Waals surface area contributed by atoms with Crippen molar-refractivity contribution < 1.29 is 9.53 Å². The van der Waals surface area contributed by atoms with E-state index < -0.39 is 0 Å². The lowest BCUT2D eigenvalue weighted by Gasteiger charge is -2.35. The summed E-state index contributed by atoms with van der Waals surface area (Å²) in [6, 6.07) is 10.5. The number of morpholine rings is 1. The molecule has 2 heterocycles. The van der Waals surface area contributed by atoms with Crippen molar-refractivity contribution in [2.24, 2.45) is 0 Å². The van der Waals surface area contributed by atoms with Crippen molar-refractivity contribution >= 4 is 11.6 Å². The number of nitriles is 1. The fourth-order valence-corrected chi connectivity index (χ4v) is 3.57. The van der Waals surface area contributed by atoms with Gasteiger partial charge in [0.2, 0.25) is 0 Å². The number of hydrogen-bond acceptors (Lipinski definition) is 4. The summed E-state index contributed by atoms with van der Waals surface area (Å²) in [6.07, 6.45) is 2.61. The molecule has 3 rings (SSSR count). The highest BCUT2D eigenvalue weighted by Crippen LogP contribution is 2.32. The fourth-order valence-electron chi connectivity index (χ4n) is 3.57. The number of rotatable bonds is 2. The van der Waals surface area contributed by atoms with E-state index >= 15 is 0 Å². The normalized spacial score (nSPS) is 26.9. The molecule has 1 saturated heterocycles. The molecule has 1 amide bonds. The van der Waals surface area contributed by atoms with Crippen molar-refractivity contribution in [3.8, 4) is 6.07 Å². The molecule has 5 nitrogen and oxygen atoms in total. The SMILES string of the molecule is CC1CN(C(=O)/C(C#N)=C\N2c3ccccc3CC2C)CC(C)O1. The smallest absolute Gasteiger partial charge is 0.266 e. The third-order valence-corrected chi connectivity index (χ3v) is 4.59. The molecule has 5 heteroatoms. The maximum atomic E-state index is 12.8. The number of hydrogen-bond donors (Lipinski definition) is 0. The molecule has 24 heavy (non-hydrogen) atoms. The monoisotopic (exact) mass is 325 g/mol. The number of carbonyl (C=O) groups is 1. The Labute approximate surface area is 143 Å². The number of nitrogens with zero attached hydrogens (tertiary/aromatic N) is 3. The van der Waals surface area contributed by atoms with Gasteiger partial charge in [-0.05, 0) is 38.8 Å². The van der Waals surface area contributed by atoms with Crippen molar-refractivity contribution in [1.82, 2.24) is 4.90 Å². The Balaban J connectivity index is 1.85. The molecule has 0 spiro atoms. The van der Waals surface area contributed by atoms with Gasteiger partial charge in [-0.2, -0.15) is 5.26 Å². The summed E-state index contributed by atoms with van der Waals surface area (Å²) in [5.74, 6) is -0.212. The molecule has 0 radical (unpaired) electrons. The van der Waals surface area contributed by atoms with Crippen LogP contribution in [0, 0.1) is 11.3 Å². The molecule has 3 atom stereocenters. The van der Waals surface area contributed by atoms with E-state index in [1.807, 2.05) is 36.9 Å². The minimum absolute atomic E-state index is 0.0101. The van der Waals surface area contributed by atoms with Crippen LogP contribution in [0.5, 0.6) is 0 Å². The molecule has 1 aromatic rings. The van der Waals surface area contributed by atoms with E-state index in [4.69, 9.17) is 4.74 Å². The number of anilines is 1. The van der Waals surface area contributed by atoms with Crippen LogP contribution in [0.3, 0.4) is 0 Å². The van der Waals surface area contributed by atoms with E-state index in [-0.39, 0.29) is 29.7 Å². The van der Waals surface area contributed by atoms with Gasteiger partial charge in [-0.3, -0.25) is 4.79 Å². The molecule has 1 fully saturated rings. The molecule has 0 bridgehead atoms. The summed E-state index contributed by atoms with van der Waals surface area (Å²) in [7, 11) is 0. The zero-order valence-electron chi connectivity index (χ0n) is 14.4. The third-order valence-electron chi connectivity index (χ3n) is 4.59. The Hall–Kier alpha value is -2.32. The first kappa shape index (κ1) is 16.5. The molecule has 2 aliphatic rings. The Morgan fingerprint density at radius 1 is 1.25 bits per heavy atom. The van der Waals surface area contributed by atoms with Crippen molar-refractivity contribution in [2.75, 3.05) is 18.0 Å². The summed E-state index contributed by atoms with van der Waals surface area (Å²) >= 11 is 0. The number of benzene rings is 1. The Kier molecular flexibility index (Phi) is 4.59. The Morgan fingerprint density at radius 2 is 1.92 bits per heavy atom. The van der Waals surface area contributed by atoms with E-state index in [1.165, 1.54) is 5.56 Å². The second-order valence-electron chi connectivity index (χ2n) is 6.71. The molecule has 126 valence electrons. The van der Waals surface area contributed by atoms with Gasteiger partial charge < -0.3 is 14.5 Å². The van der Waals surface area contributed by atoms with Gasteiger partial charge in [-0.25, -0.2) is 0 Å². The molecule has 1 aromatic carbocycles. The molecule has 0 N–H and O–H groups in total. The molecule has 0 aromatic heterocycles. The summed E-state index contributed by atoms with van der Waals surface area (Å²) in [5, 5.41) is 9.53. The second-order valence-corrected chi connectivity index (χ2v) is 6.71. The number of carbonyl (C=O) groups excluding carboxylic acids is 1. The van der Waals surface area contributed by atoms with Crippen molar-refractivity contribution in [2.45, 2.75) is 45.4 Å². The highest BCUT2D eigenvalue weighted by Gasteiger charge is 2.30. The van der Waals surface area contributed by atoms with Gasteiger partial charge in [0.25, 0.3) is 5.91 Å². The number of fused-ring (bicyclic) bond motifs is 1. The minimum Gasteiger partial charge on any atom is -0.372 e. The summed E-state index contributed by atoms with van der Waals surface area (Å²) < 4.78 is 5.67. The lowest BCUT2D eigenvalue weighted by molar-refractivity contribution is -0.138. The maximum Gasteiger partial charge on any atom is 0.266 e. The molecule has 3 unspecified atom stereocenters. The van der Waals surface area contributed by atoms with Gasteiger partial charge in [0, 0.05) is 31.0 Å². The lowest BCUT2D eigenvalue weighted by Crippen LogP contribution is -2.48. The van der Waals surface area contributed by atoms with Crippen LogP contribution in [0.1, 0.15) is 26.3 Å². The first-order chi connectivity index (χ1) is 11.5. The van der Waals surface area contributed by atoms with Crippen LogP contribution < -0.4 is 4.90 Å². The van der Waals surface area contributed by atoms with Crippen molar-refractivity contribution in [3.63, 3.8) is 0 Å². The minimum atomic E-state index is -0.212. The van der Waals surface area contributed by atoms with E-state index in [2.05, 4.69) is 19.1 Å². The fraction of sp³-hybridized carbons (Fsp3) is 0.474. The predicted octanol–water partition coefficient (Wildman–Crippen LogP) is 2.48. The summed E-state index contributed by atoms with van der Waals surface area (Å²) in [6.45, 7) is 7.05. The zero-order chi connectivity index (χ0) is 17.3. The van der Waals surface area contributed by atoms with Gasteiger partial charge in [0.05, 0.1) is 12.2 Å². The van der Waals surface area contributed by atoms with Gasteiger partial charge in [0.15, 0.2) is 0 Å². The van der Waals surface area contributed by atoms with Crippen LogP contribution in [0.25, 0.3) is 0 Å². The van der Waals surface area contributed by atoms with Gasteiger partial charge in [0.1, 0.15) is 11.6 Å². The van der Waals surface area contributed by atoms with E-state index in [0.717, 1.165) is 12.1 Å². The van der Waals surface area contributed by atoms with Gasteiger partial charge >= 0.3 is 0 Å². The zero-order valence-corrected chi connectivity index (χ0v) is 14.4. The van der Waals surface area contributed by atoms with Crippen LogP contribution in [-0.2, 0) is 16.0 Å². The topological polar surface area (TPSA) is 56.6 Å². The molecule has 0 saturated carbocycles. The van der Waals surface area contributed by atoms with Crippen molar-refractivity contribution in [1.29, 1.82) is 5.26 Å². The number of ether oxygens (including phenoxy) is 1. The average Bonchev–Trinajstić information content (AvgIpc) is 2.86. The van der Waals surface area contributed by atoms with E-state index in [1.54, 1.807) is 11.1 Å². The first-order valence-corrected chi connectivity index (χ1v) is 8.42. The Morgan fingerprint density at radius 3 is 2.58 bits per heavy atom. The second kappa shape index (κ2) is 6.66. The summed E-state index contributed by atoms with van der Waals surface area (Å²) in [4.78, 5) is 16.5. The van der Waals surface area contributed by atoms with Crippen LogP contribution >= 0.6 is 0 Å².